The summed E-state index contributed by atoms with van der Waals surface area (Å²) in [7, 11) is 0. The van der Waals surface area contributed by atoms with Gasteiger partial charge in [-0.05, 0) is 32.4 Å². The highest BCUT2D eigenvalue weighted by atomic mass is 14.8. The number of nitrogens with zero attached hydrogens (tertiary/aromatic N) is 2. The van der Waals surface area contributed by atoms with Crippen molar-refractivity contribution in [1.82, 2.24) is 9.97 Å². The summed E-state index contributed by atoms with van der Waals surface area (Å²) in [6.45, 7) is 4.67. The van der Waals surface area contributed by atoms with Crippen LogP contribution in [0.15, 0.2) is 18.5 Å². The van der Waals surface area contributed by atoms with Crippen LogP contribution in [0.3, 0.4) is 0 Å². The van der Waals surface area contributed by atoms with Crippen molar-refractivity contribution in [1.29, 1.82) is 0 Å². The van der Waals surface area contributed by atoms with Crippen molar-refractivity contribution in [2.75, 3.05) is 6.54 Å². The van der Waals surface area contributed by atoms with Crippen molar-refractivity contribution in [3.63, 3.8) is 0 Å². The standard InChI is InChI=1S/C10H15N3/c1-8(4-3-5-11)10-9(2)12-6-7-13-10/h4,6-7H,3,5,11H2,1-2H3. The summed E-state index contributed by atoms with van der Waals surface area (Å²) in [4.78, 5) is 8.43. The van der Waals surface area contributed by atoms with Gasteiger partial charge in [-0.25, -0.2) is 0 Å². The number of rotatable bonds is 3. The first-order valence-corrected chi connectivity index (χ1v) is 4.40. The van der Waals surface area contributed by atoms with E-state index in [2.05, 4.69) is 16.0 Å². The van der Waals surface area contributed by atoms with Crippen molar-refractivity contribution in [2.24, 2.45) is 5.73 Å². The molecule has 3 nitrogen and oxygen atoms in total. The number of hydrogen-bond acceptors (Lipinski definition) is 3. The van der Waals surface area contributed by atoms with Gasteiger partial charge in [-0.2, -0.15) is 0 Å². The Bertz CT molecular complexity index is 305. The summed E-state index contributed by atoms with van der Waals surface area (Å²) in [5, 5.41) is 0. The molecule has 1 heterocycles. The van der Waals surface area contributed by atoms with Crippen LogP contribution in [0.2, 0.25) is 0 Å². The van der Waals surface area contributed by atoms with Crippen LogP contribution in [0.4, 0.5) is 0 Å². The first-order valence-electron chi connectivity index (χ1n) is 4.40. The molecule has 0 aliphatic carbocycles. The normalized spacial score (nSPS) is 11.8. The molecule has 0 aliphatic heterocycles. The number of nitrogens with two attached hydrogens (primary N) is 1. The molecule has 0 atom stereocenters. The molecular weight excluding hydrogens is 162 g/mol. The minimum Gasteiger partial charge on any atom is -0.330 e. The molecule has 0 unspecified atom stereocenters. The summed E-state index contributed by atoms with van der Waals surface area (Å²) >= 11 is 0. The minimum absolute atomic E-state index is 0.677. The van der Waals surface area contributed by atoms with Crippen LogP contribution in [0.25, 0.3) is 5.57 Å². The molecule has 0 amide bonds. The van der Waals surface area contributed by atoms with Crippen molar-refractivity contribution >= 4 is 5.57 Å². The zero-order valence-corrected chi connectivity index (χ0v) is 8.12. The fraction of sp³-hybridized carbons (Fsp3) is 0.400. The summed E-state index contributed by atoms with van der Waals surface area (Å²) < 4.78 is 0. The smallest absolute Gasteiger partial charge is 0.0868 e. The molecule has 0 radical (unpaired) electrons. The Morgan fingerprint density at radius 2 is 2.15 bits per heavy atom. The number of allylic oxidation sites excluding steroid dienone is 1. The van der Waals surface area contributed by atoms with E-state index in [1.807, 2.05) is 13.8 Å². The quantitative estimate of drug-likeness (QED) is 0.761. The van der Waals surface area contributed by atoms with Gasteiger partial charge >= 0.3 is 0 Å². The van der Waals surface area contributed by atoms with Gasteiger partial charge in [-0.3, -0.25) is 9.97 Å². The van der Waals surface area contributed by atoms with Crippen molar-refractivity contribution in [2.45, 2.75) is 20.3 Å². The highest BCUT2D eigenvalue weighted by Gasteiger charge is 2.00. The maximum atomic E-state index is 5.41. The van der Waals surface area contributed by atoms with Gasteiger partial charge in [0.05, 0.1) is 11.4 Å². The Morgan fingerprint density at radius 3 is 2.77 bits per heavy atom. The highest BCUT2D eigenvalue weighted by molar-refractivity contribution is 5.61. The van der Waals surface area contributed by atoms with Crippen LogP contribution in [0.1, 0.15) is 24.7 Å². The molecule has 70 valence electrons. The molecule has 13 heavy (non-hydrogen) atoms. The van der Waals surface area contributed by atoms with Gasteiger partial charge in [0, 0.05) is 12.4 Å². The maximum absolute atomic E-state index is 5.41. The molecule has 0 saturated carbocycles. The molecule has 0 saturated heterocycles. The fourth-order valence-corrected chi connectivity index (χ4v) is 1.19. The predicted octanol–water partition coefficient (Wildman–Crippen LogP) is 1.54. The Hall–Kier alpha value is -1.22. The van der Waals surface area contributed by atoms with E-state index in [0.717, 1.165) is 23.4 Å². The van der Waals surface area contributed by atoms with Crippen molar-refractivity contribution < 1.29 is 0 Å². The first-order chi connectivity index (χ1) is 6.25. The molecule has 0 spiro atoms. The third-order valence-electron chi connectivity index (χ3n) is 1.87. The lowest BCUT2D eigenvalue weighted by molar-refractivity contribution is 1.00. The van der Waals surface area contributed by atoms with Crippen LogP contribution in [0.5, 0.6) is 0 Å². The molecule has 2 N–H and O–H groups in total. The van der Waals surface area contributed by atoms with E-state index in [0.29, 0.717) is 6.54 Å². The van der Waals surface area contributed by atoms with E-state index in [1.165, 1.54) is 0 Å². The van der Waals surface area contributed by atoms with Gasteiger partial charge in [0.15, 0.2) is 0 Å². The summed E-state index contributed by atoms with van der Waals surface area (Å²) in [6.07, 6.45) is 6.40. The molecule has 0 bridgehead atoms. The van der Waals surface area contributed by atoms with Gasteiger partial charge in [-0.15, -0.1) is 0 Å². The Kier molecular flexibility index (Phi) is 3.58. The molecule has 3 heteroatoms. The van der Waals surface area contributed by atoms with E-state index < -0.39 is 0 Å². The lowest BCUT2D eigenvalue weighted by Gasteiger charge is -2.02. The lowest BCUT2D eigenvalue weighted by atomic mass is 10.1. The Balaban J connectivity index is 2.88. The second-order valence-electron chi connectivity index (χ2n) is 2.95. The molecule has 1 aromatic heterocycles. The van der Waals surface area contributed by atoms with Crippen molar-refractivity contribution in [3.05, 3.63) is 29.9 Å². The largest absolute Gasteiger partial charge is 0.330 e. The van der Waals surface area contributed by atoms with Gasteiger partial charge in [0.1, 0.15) is 0 Å². The summed E-state index contributed by atoms with van der Waals surface area (Å²) in [6, 6.07) is 0. The maximum Gasteiger partial charge on any atom is 0.0868 e. The Morgan fingerprint density at radius 1 is 1.46 bits per heavy atom. The SMILES string of the molecule is CC(=CCCN)c1nccnc1C. The summed E-state index contributed by atoms with van der Waals surface area (Å²) in [5.74, 6) is 0. The predicted molar refractivity (Wildman–Crippen MR) is 54.1 cm³/mol. The van der Waals surface area contributed by atoms with E-state index in [-0.39, 0.29) is 0 Å². The van der Waals surface area contributed by atoms with E-state index >= 15 is 0 Å². The van der Waals surface area contributed by atoms with Crippen LogP contribution in [-0.4, -0.2) is 16.5 Å². The average molecular weight is 177 g/mol. The van der Waals surface area contributed by atoms with Crippen LogP contribution in [-0.2, 0) is 0 Å². The van der Waals surface area contributed by atoms with E-state index in [4.69, 9.17) is 5.73 Å². The van der Waals surface area contributed by atoms with Gasteiger partial charge in [0.2, 0.25) is 0 Å². The molecule has 1 rings (SSSR count). The van der Waals surface area contributed by atoms with Gasteiger partial charge < -0.3 is 5.73 Å². The summed E-state index contributed by atoms with van der Waals surface area (Å²) in [5.41, 5.74) is 8.50. The second kappa shape index (κ2) is 4.72. The van der Waals surface area contributed by atoms with Crippen LogP contribution < -0.4 is 5.73 Å². The molecule has 0 fully saturated rings. The van der Waals surface area contributed by atoms with Gasteiger partial charge in [-0.1, -0.05) is 6.08 Å². The fourth-order valence-electron chi connectivity index (χ4n) is 1.19. The van der Waals surface area contributed by atoms with Crippen LogP contribution >= 0.6 is 0 Å². The first kappa shape index (κ1) is 9.86. The van der Waals surface area contributed by atoms with E-state index in [9.17, 15) is 0 Å². The molecular formula is C10H15N3. The molecule has 1 aromatic rings. The zero-order chi connectivity index (χ0) is 9.68. The second-order valence-corrected chi connectivity index (χ2v) is 2.95. The average Bonchev–Trinajstić information content (AvgIpc) is 2.15. The number of hydrogen-bond donors (Lipinski definition) is 1. The highest BCUT2D eigenvalue weighted by Crippen LogP contribution is 2.13. The number of aromatic nitrogens is 2. The van der Waals surface area contributed by atoms with Gasteiger partial charge in [0.25, 0.3) is 0 Å². The van der Waals surface area contributed by atoms with Crippen LogP contribution in [0, 0.1) is 6.92 Å². The third kappa shape index (κ3) is 2.63. The topological polar surface area (TPSA) is 51.8 Å². The minimum atomic E-state index is 0.677. The lowest BCUT2D eigenvalue weighted by Crippen LogP contribution is -1.97. The number of aryl methyl sites for hydroxylation is 1. The zero-order valence-electron chi connectivity index (χ0n) is 8.12. The Labute approximate surface area is 78.7 Å². The molecule has 0 aliphatic rings. The van der Waals surface area contributed by atoms with E-state index in [1.54, 1.807) is 12.4 Å². The van der Waals surface area contributed by atoms with Crippen molar-refractivity contribution in [3.8, 4) is 0 Å². The molecule has 0 aromatic carbocycles. The monoisotopic (exact) mass is 177 g/mol. The third-order valence-corrected chi connectivity index (χ3v) is 1.87.